The van der Waals surface area contributed by atoms with E-state index in [1.165, 1.54) is 11.8 Å². The maximum Gasteiger partial charge on any atom is 1.00 e. The Hall–Kier alpha value is -0.143. The largest absolute Gasteiger partial charge is 1.00 e. The summed E-state index contributed by atoms with van der Waals surface area (Å²) in [5.74, 6) is 0. The van der Waals surface area contributed by atoms with Crippen LogP contribution in [-0.4, -0.2) is 4.98 Å². The molecule has 0 aliphatic rings. The van der Waals surface area contributed by atoms with Crippen LogP contribution in [0.4, 0.5) is 0 Å². The standard InChI is InChI=1S/C9H5BrNOS.Li/c10-8-6-12-9(11-8)13-7-4-2-1-3-5-7;/h1-5H;/q-1;+1. The van der Waals surface area contributed by atoms with E-state index in [9.17, 15) is 0 Å². The maximum absolute atomic E-state index is 5.05. The third-order valence-corrected chi connectivity index (χ3v) is 2.56. The van der Waals surface area contributed by atoms with Crippen LogP contribution in [0, 0.1) is 6.26 Å². The van der Waals surface area contributed by atoms with Crippen molar-refractivity contribution in [3.8, 4) is 0 Å². The first-order chi connectivity index (χ1) is 6.34. The minimum Gasteiger partial charge on any atom is -0.621 e. The van der Waals surface area contributed by atoms with Gasteiger partial charge in [0.1, 0.15) is 0 Å². The van der Waals surface area contributed by atoms with Crippen LogP contribution >= 0.6 is 27.7 Å². The van der Waals surface area contributed by atoms with E-state index >= 15 is 0 Å². The third-order valence-electron chi connectivity index (χ3n) is 1.36. The molecule has 0 amide bonds. The summed E-state index contributed by atoms with van der Waals surface area (Å²) < 4.78 is 5.65. The van der Waals surface area contributed by atoms with E-state index in [-0.39, 0.29) is 18.9 Å². The van der Waals surface area contributed by atoms with Gasteiger partial charge in [0.15, 0.2) is 0 Å². The van der Waals surface area contributed by atoms with E-state index < -0.39 is 0 Å². The minimum absolute atomic E-state index is 0. The Labute approximate surface area is 107 Å². The molecule has 0 aliphatic carbocycles. The van der Waals surface area contributed by atoms with Crippen LogP contribution in [0.25, 0.3) is 0 Å². The van der Waals surface area contributed by atoms with Crippen LogP contribution in [0.2, 0.25) is 0 Å². The predicted molar refractivity (Wildman–Crippen MR) is 53.6 cm³/mol. The molecule has 0 N–H and O–H groups in total. The number of halogens is 1. The Morgan fingerprint density at radius 2 is 2.00 bits per heavy atom. The molecule has 14 heavy (non-hydrogen) atoms. The molecule has 0 aliphatic heterocycles. The Balaban J connectivity index is 0.000000980. The van der Waals surface area contributed by atoms with Gasteiger partial charge >= 0.3 is 18.9 Å². The first-order valence-corrected chi connectivity index (χ1v) is 5.22. The van der Waals surface area contributed by atoms with Gasteiger partial charge in [-0.1, -0.05) is 34.1 Å². The van der Waals surface area contributed by atoms with Crippen molar-refractivity contribution in [1.82, 2.24) is 4.98 Å². The fourth-order valence-electron chi connectivity index (χ4n) is 0.845. The number of benzene rings is 1. The second-order valence-electron chi connectivity index (χ2n) is 2.29. The molecule has 2 rings (SSSR count). The van der Waals surface area contributed by atoms with Crippen LogP contribution in [0.15, 0.2) is 49.5 Å². The van der Waals surface area contributed by atoms with Crippen LogP contribution in [0.1, 0.15) is 0 Å². The van der Waals surface area contributed by atoms with Crippen molar-refractivity contribution in [2.24, 2.45) is 0 Å². The van der Waals surface area contributed by atoms with Gasteiger partial charge in [-0.05, 0) is 23.3 Å². The van der Waals surface area contributed by atoms with Crippen molar-refractivity contribution in [1.29, 1.82) is 0 Å². The zero-order chi connectivity index (χ0) is 9.10. The van der Waals surface area contributed by atoms with Crippen molar-refractivity contribution < 1.29 is 23.3 Å². The molecule has 1 aromatic carbocycles. The molecule has 1 aromatic heterocycles. The number of hydrogen-bond donors (Lipinski definition) is 0. The molecule has 0 bridgehead atoms. The van der Waals surface area contributed by atoms with Gasteiger partial charge in [-0.2, -0.15) is 0 Å². The van der Waals surface area contributed by atoms with Gasteiger partial charge < -0.3 is 9.40 Å². The minimum atomic E-state index is 0. The molecule has 0 unspecified atom stereocenters. The monoisotopic (exact) mass is 261 g/mol. The van der Waals surface area contributed by atoms with Gasteiger partial charge in [0, 0.05) is 4.60 Å². The fraction of sp³-hybridized carbons (Fsp3) is 0. The van der Waals surface area contributed by atoms with E-state index in [2.05, 4.69) is 27.2 Å². The molecule has 0 saturated carbocycles. The molecule has 2 nitrogen and oxygen atoms in total. The number of hydrogen-bond acceptors (Lipinski definition) is 3. The van der Waals surface area contributed by atoms with Crippen LogP contribution in [-0.2, 0) is 0 Å². The van der Waals surface area contributed by atoms with Gasteiger partial charge in [0.05, 0.1) is 5.22 Å². The first kappa shape index (κ1) is 11.9. The van der Waals surface area contributed by atoms with E-state index in [1.807, 2.05) is 30.3 Å². The van der Waals surface area contributed by atoms with Crippen molar-refractivity contribution >= 4 is 27.7 Å². The Morgan fingerprint density at radius 3 is 2.57 bits per heavy atom. The topological polar surface area (TPSA) is 26.0 Å². The Kier molecular flexibility index (Phi) is 4.83. The van der Waals surface area contributed by atoms with Crippen LogP contribution < -0.4 is 18.9 Å². The van der Waals surface area contributed by atoms with Crippen molar-refractivity contribution in [2.75, 3.05) is 0 Å². The summed E-state index contributed by atoms with van der Waals surface area (Å²) in [5.41, 5.74) is 0. The number of nitrogens with zero attached hydrogens (tertiary/aromatic N) is 1. The molecular weight excluding hydrogens is 257 g/mol. The molecule has 0 fully saturated rings. The van der Waals surface area contributed by atoms with E-state index in [0.717, 1.165) is 4.90 Å². The zero-order valence-corrected chi connectivity index (χ0v) is 9.93. The van der Waals surface area contributed by atoms with E-state index in [4.69, 9.17) is 4.42 Å². The molecule has 0 atom stereocenters. The van der Waals surface area contributed by atoms with Crippen molar-refractivity contribution in [2.45, 2.75) is 10.1 Å². The average Bonchev–Trinajstić information content (AvgIpc) is 2.53. The number of rotatable bonds is 2. The predicted octanol–water partition coefficient (Wildman–Crippen LogP) is 0.392. The van der Waals surface area contributed by atoms with Crippen molar-refractivity contribution in [3.63, 3.8) is 0 Å². The number of oxazole rings is 1. The van der Waals surface area contributed by atoms with Gasteiger partial charge in [-0.15, -0.1) is 11.8 Å². The summed E-state index contributed by atoms with van der Waals surface area (Å²) in [7, 11) is 0. The fourth-order valence-corrected chi connectivity index (χ4v) is 1.92. The molecule has 0 spiro atoms. The maximum atomic E-state index is 5.05. The van der Waals surface area contributed by atoms with E-state index in [1.54, 1.807) is 0 Å². The molecule has 0 radical (unpaired) electrons. The molecular formula is C9H5BrLiNOS. The second kappa shape index (κ2) is 5.67. The quantitative estimate of drug-likeness (QED) is 0.578. The van der Waals surface area contributed by atoms with E-state index in [0.29, 0.717) is 9.83 Å². The smallest absolute Gasteiger partial charge is 0.621 e. The van der Waals surface area contributed by atoms with Crippen LogP contribution in [0.5, 0.6) is 0 Å². The molecule has 1 heterocycles. The SMILES string of the molecule is Brc1[c-]oc(Sc2ccccc2)n1.[Li+]. The Bertz CT molecular complexity index is 393. The third kappa shape index (κ3) is 3.21. The van der Waals surface area contributed by atoms with Gasteiger partial charge in [-0.25, -0.2) is 0 Å². The summed E-state index contributed by atoms with van der Waals surface area (Å²) in [6, 6.07) is 9.93. The molecule has 0 saturated heterocycles. The van der Waals surface area contributed by atoms with Crippen molar-refractivity contribution in [3.05, 3.63) is 41.2 Å². The normalized spacial score (nSPS) is 9.50. The first-order valence-electron chi connectivity index (χ1n) is 3.61. The molecule has 66 valence electrons. The summed E-state index contributed by atoms with van der Waals surface area (Å²) in [6.07, 6.45) is 2.60. The van der Waals surface area contributed by atoms with Gasteiger partial charge in [0.2, 0.25) is 0 Å². The summed E-state index contributed by atoms with van der Waals surface area (Å²) in [5, 5.41) is 0.595. The molecule has 5 heteroatoms. The summed E-state index contributed by atoms with van der Waals surface area (Å²) >= 11 is 4.64. The summed E-state index contributed by atoms with van der Waals surface area (Å²) in [4.78, 5) is 5.17. The van der Waals surface area contributed by atoms with Crippen LogP contribution in [0.3, 0.4) is 0 Å². The second-order valence-corrected chi connectivity index (χ2v) is 4.06. The zero-order valence-electron chi connectivity index (χ0n) is 7.53. The number of aromatic nitrogens is 1. The van der Waals surface area contributed by atoms with Gasteiger partial charge in [-0.3, -0.25) is 0 Å². The van der Waals surface area contributed by atoms with Gasteiger partial charge in [0.25, 0.3) is 0 Å². The average molecular weight is 262 g/mol. The Morgan fingerprint density at radius 1 is 1.29 bits per heavy atom. The molecule has 2 aromatic rings. The summed E-state index contributed by atoms with van der Waals surface area (Å²) in [6.45, 7) is 0.